The van der Waals surface area contributed by atoms with Crippen LogP contribution in [0.5, 0.6) is 0 Å². The molecule has 0 aromatic carbocycles. The second-order valence-corrected chi connectivity index (χ2v) is 5.71. The Bertz CT molecular complexity index is 267. The summed E-state index contributed by atoms with van der Waals surface area (Å²) in [6.07, 6.45) is 5.77. The molecule has 3 nitrogen and oxygen atoms in total. The molecule has 0 amide bonds. The first-order valence-electron chi connectivity index (χ1n) is 7.05. The van der Waals surface area contributed by atoms with E-state index in [-0.39, 0.29) is 5.92 Å². The molecule has 1 saturated carbocycles. The minimum absolute atomic E-state index is 0.283. The Labute approximate surface area is 105 Å². The average molecular weight is 239 g/mol. The van der Waals surface area contributed by atoms with Crippen molar-refractivity contribution >= 4 is 5.78 Å². The van der Waals surface area contributed by atoms with Gasteiger partial charge in [-0.2, -0.15) is 0 Å². The molecule has 0 radical (unpaired) electrons. The molecule has 0 bridgehead atoms. The van der Waals surface area contributed by atoms with E-state index in [0.29, 0.717) is 17.9 Å². The average Bonchev–Trinajstić information content (AvgIpc) is 2.50. The number of carbonyl (C=O) groups is 1. The molecular weight excluding hydrogens is 214 g/mol. The zero-order valence-electron chi connectivity index (χ0n) is 11.2. The summed E-state index contributed by atoms with van der Waals surface area (Å²) in [4.78, 5) is 14.5. The summed E-state index contributed by atoms with van der Waals surface area (Å²) in [5, 5.41) is 0. The van der Waals surface area contributed by atoms with Crippen LogP contribution in [0, 0.1) is 5.92 Å². The van der Waals surface area contributed by atoms with Crippen LogP contribution < -0.4 is 0 Å². The molecule has 1 heterocycles. The van der Waals surface area contributed by atoms with E-state index >= 15 is 0 Å². The molecule has 3 unspecified atom stereocenters. The molecular formula is C14H25NO2. The zero-order chi connectivity index (χ0) is 12.3. The first-order chi connectivity index (χ1) is 8.16. The lowest BCUT2D eigenvalue weighted by Crippen LogP contribution is -2.49. The van der Waals surface area contributed by atoms with Crippen molar-refractivity contribution in [2.75, 3.05) is 19.7 Å². The van der Waals surface area contributed by atoms with Gasteiger partial charge < -0.3 is 4.74 Å². The second kappa shape index (κ2) is 5.96. The van der Waals surface area contributed by atoms with Gasteiger partial charge in [-0.3, -0.25) is 9.69 Å². The molecule has 0 N–H and O–H groups in total. The van der Waals surface area contributed by atoms with Crippen LogP contribution in [0.1, 0.15) is 46.0 Å². The van der Waals surface area contributed by atoms with Gasteiger partial charge in [-0.25, -0.2) is 0 Å². The van der Waals surface area contributed by atoms with Gasteiger partial charge in [-0.05, 0) is 26.7 Å². The molecule has 0 aromatic rings. The van der Waals surface area contributed by atoms with E-state index in [1.807, 2.05) is 0 Å². The minimum Gasteiger partial charge on any atom is -0.376 e. The van der Waals surface area contributed by atoms with Crippen LogP contribution in [-0.2, 0) is 9.53 Å². The lowest BCUT2D eigenvalue weighted by molar-refractivity contribution is -0.124. The van der Waals surface area contributed by atoms with E-state index in [4.69, 9.17) is 4.74 Å². The highest BCUT2D eigenvalue weighted by Gasteiger charge is 2.28. The Morgan fingerprint density at radius 3 is 2.94 bits per heavy atom. The van der Waals surface area contributed by atoms with Crippen molar-refractivity contribution < 1.29 is 9.53 Å². The molecule has 17 heavy (non-hydrogen) atoms. The molecule has 2 aliphatic rings. The molecule has 2 rings (SSSR count). The summed E-state index contributed by atoms with van der Waals surface area (Å²) in [7, 11) is 0. The Hall–Kier alpha value is -0.410. The molecule has 2 fully saturated rings. The number of hydrogen-bond donors (Lipinski definition) is 0. The summed E-state index contributed by atoms with van der Waals surface area (Å²) in [5.74, 6) is 0.777. The molecule has 1 aliphatic carbocycles. The van der Waals surface area contributed by atoms with Crippen molar-refractivity contribution in [3.05, 3.63) is 0 Å². The topological polar surface area (TPSA) is 29.5 Å². The lowest BCUT2D eigenvalue weighted by Gasteiger charge is -2.38. The predicted octanol–water partition coefficient (Wildman–Crippen LogP) is 2.25. The highest BCUT2D eigenvalue weighted by Crippen LogP contribution is 2.23. The summed E-state index contributed by atoms with van der Waals surface area (Å²) in [5.41, 5.74) is 0. The third kappa shape index (κ3) is 3.52. The maximum Gasteiger partial charge on any atom is 0.137 e. The highest BCUT2D eigenvalue weighted by molar-refractivity contribution is 5.81. The van der Waals surface area contributed by atoms with E-state index < -0.39 is 0 Å². The van der Waals surface area contributed by atoms with Crippen molar-refractivity contribution in [3.8, 4) is 0 Å². The predicted molar refractivity (Wildman–Crippen MR) is 68.0 cm³/mol. The Kier molecular flexibility index (Phi) is 4.57. The van der Waals surface area contributed by atoms with Crippen LogP contribution >= 0.6 is 0 Å². The highest BCUT2D eigenvalue weighted by atomic mass is 16.5. The van der Waals surface area contributed by atoms with Gasteiger partial charge in [0.25, 0.3) is 0 Å². The smallest absolute Gasteiger partial charge is 0.137 e. The zero-order valence-corrected chi connectivity index (χ0v) is 11.2. The van der Waals surface area contributed by atoms with E-state index in [1.165, 1.54) is 12.8 Å². The standard InChI is InChI=1S/C14H25NO2/c1-11-10-17-12(2)8-15(11)9-13-6-4-3-5-7-14(13)16/h11-13H,3-10H2,1-2H3. The monoisotopic (exact) mass is 239 g/mol. The van der Waals surface area contributed by atoms with Crippen LogP contribution in [-0.4, -0.2) is 42.5 Å². The SMILES string of the molecule is CC1CN(CC2CCCCCC2=O)C(C)CO1. The van der Waals surface area contributed by atoms with Crippen molar-refractivity contribution in [1.82, 2.24) is 4.90 Å². The van der Waals surface area contributed by atoms with Gasteiger partial charge in [0.1, 0.15) is 5.78 Å². The van der Waals surface area contributed by atoms with Gasteiger partial charge in [0, 0.05) is 31.5 Å². The van der Waals surface area contributed by atoms with Gasteiger partial charge in [0.15, 0.2) is 0 Å². The quantitative estimate of drug-likeness (QED) is 0.692. The number of rotatable bonds is 2. The fourth-order valence-electron chi connectivity index (χ4n) is 2.93. The number of ketones is 1. The van der Waals surface area contributed by atoms with E-state index in [2.05, 4.69) is 18.7 Å². The molecule has 98 valence electrons. The van der Waals surface area contributed by atoms with Crippen LogP contribution in [0.15, 0.2) is 0 Å². The van der Waals surface area contributed by atoms with Crippen LogP contribution in [0.3, 0.4) is 0 Å². The fraction of sp³-hybridized carbons (Fsp3) is 0.929. The number of nitrogens with zero attached hydrogens (tertiary/aromatic N) is 1. The second-order valence-electron chi connectivity index (χ2n) is 5.71. The normalized spacial score (nSPS) is 36.8. The van der Waals surface area contributed by atoms with Gasteiger partial charge in [0.2, 0.25) is 0 Å². The van der Waals surface area contributed by atoms with E-state index in [9.17, 15) is 4.79 Å². The maximum absolute atomic E-state index is 12.0. The minimum atomic E-state index is 0.283. The van der Waals surface area contributed by atoms with E-state index in [0.717, 1.165) is 39.0 Å². The molecule has 3 atom stereocenters. The number of morpholine rings is 1. The largest absolute Gasteiger partial charge is 0.376 e. The van der Waals surface area contributed by atoms with Crippen LogP contribution in [0.25, 0.3) is 0 Å². The van der Waals surface area contributed by atoms with Crippen LogP contribution in [0.4, 0.5) is 0 Å². The van der Waals surface area contributed by atoms with E-state index in [1.54, 1.807) is 0 Å². The number of ether oxygens (including phenoxy) is 1. The van der Waals surface area contributed by atoms with Gasteiger partial charge in [0.05, 0.1) is 12.7 Å². The first-order valence-corrected chi connectivity index (χ1v) is 7.05. The van der Waals surface area contributed by atoms with Crippen molar-refractivity contribution in [3.63, 3.8) is 0 Å². The van der Waals surface area contributed by atoms with Gasteiger partial charge in [-0.1, -0.05) is 12.8 Å². The number of Topliss-reactive ketones (excluding diaryl/α,β-unsaturated/α-hetero) is 1. The number of hydrogen-bond acceptors (Lipinski definition) is 3. The lowest BCUT2D eigenvalue weighted by atomic mass is 9.97. The van der Waals surface area contributed by atoms with Crippen LogP contribution in [0.2, 0.25) is 0 Å². The van der Waals surface area contributed by atoms with Gasteiger partial charge in [-0.15, -0.1) is 0 Å². The fourth-order valence-corrected chi connectivity index (χ4v) is 2.93. The summed E-state index contributed by atoms with van der Waals surface area (Å²) >= 11 is 0. The Balaban J connectivity index is 1.91. The van der Waals surface area contributed by atoms with Gasteiger partial charge >= 0.3 is 0 Å². The number of carbonyl (C=O) groups excluding carboxylic acids is 1. The van der Waals surface area contributed by atoms with Crippen molar-refractivity contribution in [2.45, 2.75) is 58.1 Å². The van der Waals surface area contributed by atoms with Crippen molar-refractivity contribution in [2.24, 2.45) is 5.92 Å². The Morgan fingerprint density at radius 1 is 1.29 bits per heavy atom. The Morgan fingerprint density at radius 2 is 2.12 bits per heavy atom. The first kappa shape index (κ1) is 13.0. The third-order valence-electron chi connectivity index (χ3n) is 4.12. The summed E-state index contributed by atoms with van der Waals surface area (Å²) < 4.78 is 5.63. The molecule has 0 spiro atoms. The van der Waals surface area contributed by atoms with Crippen molar-refractivity contribution in [1.29, 1.82) is 0 Å². The molecule has 0 aromatic heterocycles. The third-order valence-corrected chi connectivity index (χ3v) is 4.12. The molecule has 3 heteroatoms. The maximum atomic E-state index is 12.0. The summed E-state index contributed by atoms with van der Waals surface area (Å²) in [6.45, 7) is 7.06. The molecule has 1 saturated heterocycles. The summed E-state index contributed by atoms with van der Waals surface area (Å²) in [6, 6.07) is 0.460. The molecule has 1 aliphatic heterocycles.